The Kier molecular flexibility index (Phi) is 4.70. The van der Waals surface area contributed by atoms with Crippen LogP contribution < -0.4 is 10.6 Å². The highest BCUT2D eigenvalue weighted by Gasteiger charge is 2.41. The highest BCUT2D eigenvalue weighted by molar-refractivity contribution is 7.89. The van der Waals surface area contributed by atoms with Crippen LogP contribution in [0.15, 0.2) is 46.9 Å². The quantitative estimate of drug-likeness (QED) is 0.566. The van der Waals surface area contributed by atoms with Gasteiger partial charge in [-0.05, 0) is 42.8 Å². The minimum absolute atomic E-state index is 0.120. The lowest BCUT2D eigenvalue weighted by Gasteiger charge is -2.40. The van der Waals surface area contributed by atoms with Crippen molar-refractivity contribution >= 4 is 50.3 Å². The molecule has 1 fully saturated rings. The summed E-state index contributed by atoms with van der Waals surface area (Å²) in [6.45, 7) is 1.69. The number of nitrogens with zero attached hydrogens (tertiary/aromatic N) is 2. The lowest BCUT2D eigenvalue weighted by atomic mass is 9.93. The van der Waals surface area contributed by atoms with E-state index in [-0.39, 0.29) is 17.6 Å². The Bertz CT molecular complexity index is 1290. The van der Waals surface area contributed by atoms with Crippen LogP contribution in [-0.2, 0) is 15.6 Å². The number of aromatic nitrogens is 1. The van der Waals surface area contributed by atoms with Crippen molar-refractivity contribution in [1.82, 2.24) is 14.6 Å². The Morgan fingerprint density at radius 2 is 2.10 bits per heavy atom. The smallest absolute Gasteiger partial charge is 0.311 e. The minimum Gasteiger partial charge on any atom is -0.432 e. The summed E-state index contributed by atoms with van der Waals surface area (Å²) in [6.07, 6.45) is 0. The number of nitrogens with one attached hydrogen (secondary N) is 3. The number of halogens is 1. The van der Waals surface area contributed by atoms with Crippen molar-refractivity contribution in [2.75, 3.05) is 18.1 Å². The number of guanidine groups is 1. The summed E-state index contributed by atoms with van der Waals surface area (Å²) in [7, 11) is -2.31. The molecule has 0 radical (unpaired) electrons. The number of hydrogen-bond donors (Lipinski definition) is 3. The first-order valence-corrected chi connectivity index (χ1v) is 10.9. The highest BCUT2D eigenvalue weighted by atomic mass is 35.5. The highest BCUT2D eigenvalue weighted by Crippen LogP contribution is 2.29. The van der Waals surface area contributed by atoms with Gasteiger partial charge in [-0.1, -0.05) is 23.7 Å². The topological polar surface area (TPSA) is 128 Å². The summed E-state index contributed by atoms with van der Waals surface area (Å²) in [5.74, 6) is -1.13. The van der Waals surface area contributed by atoms with Crippen LogP contribution in [0.25, 0.3) is 11.1 Å². The number of rotatable bonds is 3. The maximum absolute atomic E-state index is 12.6. The SMILES string of the molecule is CN1C(=N)NC(C)(c2cccc(NC(=O)c3nc4cc(Cl)ccc4o3)c2)CS1(=O)=O. The fraction of sp³-hybridized carbons (Fsp3) is 0.211. The summed E-state index contributed by atoms with van der Waals surface area (Å²) in [6, 6.07) is 11.6. The molecule has 0 saturated carbocycles. The van der Waals surface area contributed by atoms with E-state index in [1.165, 1.54) is 7.05 Å². The monoisotopic (exact) mass is 447 g/mol. The molecule has 1 aromatic heterocycles. The number of hydrogen-bond acceptors (Lipinski definition) is 6. The Labute approximate surface area is 177 Å². The van der Waals surface area contributed by atoms with E-state index in [1.807, 2.05) is 0 Å². The predicted octanol–water partition coefficient (Wildman–Crippen LogP) is 2.75. The van der Waals surface area contributed by atoms with Gasteiger partial charge in [0.1, 0.15) is 5.52 Å². The van der Waals surface area contributed by atoms with Crippen LogP contribution in [0.2, 0.25) is 5.02 Å². The molecule has 1 unspecified atom stereocenters. The molecule has 2 heterocycles. The van der Waals surface area contributed by atoms with Gasteiger partial charge >= 0.3 is 5.91 Å². The van der Waals surface area contributed by atoms with Gasteiger partial charge < -0.3 is 15.1 Å². The number of benzene rings is 2. The molecule has 0 spiro atoms. The molecule has 9 nitrogen and oxygen atoms in total. The molecule has 0 bridgehead atoms. The molecule has 1 aliphatic rings. The number of sulfonamides is 1. The van der Waals surface area contributed by atoms with Crippen LogP contribution >= 0.6 is 11.6 Å². The van der Waals surface area contributed by atoms with Crippen molar-refractivity contribution in [1.29, 1.82) is 5.41 Å². The van der Waals surface area contributed by atoms with Gasteiger partial charge in [0.05, 0.1) is 11.3 Å². The molecule has 11 heteroatoms. The molecule has 3 aromatic rings. The van der Waals surface area contributed by atoms with Crippen LogP contribution in [0.1, 0.15) is 23.2 Å². The van der Waals surface area contributed by atoms with Crippen LogP contribution in [0, 0.1) is 5.41 Å². The second kappa shape index (κ2) is 6.99. The third kappa shape index (κ3) is 3.59. The zero-order chi connectivity index (χ0) is 21.7. The zero-order valence-electron chi connectivity index (χ0n) is 16.1. The average Bonchev–Trinajstić information content (AvgIpc) is 3.09. The van der Waals surface area contributed by atoms with Crippen LogP contribution in [-0.4, -0.2) is 42.4 Å². The second-order valence-electron chi connectivity index (χ2n) is 7.20. The summed E-state index contributed by atoms with van der Waals surface area (Å²) >= 11 is 5.93. The standard InChI is InChI=1S/C19H18ClN5O4S/c1-19(10-30(27,28)25(2)18(21)24-19)11-4-3-5-13(8-11)22-16(26)17-23-14-9-12(20)6-7-15(14)29-17/h3-9H,10H2,1-2H3,(H2,21,24)(H,22,26). The van der Waals surface area contributed by atoms with Crippen molar-refractivity contribution in [3.8, 4) is 0 Å². The molecule has 4 rings (SSSR count). The third-order valence-electron chi connectivity index (χ3n) is 4.90. The Morgan fingerprint density at radius 3 is 2.83 bits per heavy atom. The number of carbonyl (C=O) groups is 1. The van der Waals surface area contributed by atoms with Gasteiger partial charge in [-0.25, -0.2) is 17.7 Å². The Morgan fingerprint density at radius 1 is 1.33 bits per heavy atom. The summed E-state index contributed by atoms with van der Waals surface area (Å²) < 4.78 is 31.1. The molecular weight excluding hydrogens is 430 g/mol. The minimum atomic E-state index is -3.64. The molecule has 1 aliphatic heterocycles. The first-order chi connectivity index (χ1) is 14.1. The average molecular weight is 448 g/mol. The van der Waals surface area contributed by atoms with E-state index in [9.17, 15) is 13.2 Å². The normalized spacial score (nSPS) is 20.8. The molecule has 1 atom stereocenters. The first-order valence-electron chi connectivity index (χ1n) is 8.89. The van der Waals surface area contributed by atoms with Crippen molar-refractivity contribution in [3.63, 3.8) is 0 Å². The van der Waals surface area contributed by atoms with Crippen LogP contribution in [0.4, 0.5) is 5.69 Å². The lowest BCUT2D eigenvalue weighted by Crippen LogP contribution is -2.60. The number of fused-ring (bicyclic) bond motifs is 1. The number of carbonyl (C=O) groups excluding carboxylic acids is 1. The largest absolute Gasteiger partial charge is 0.432 e. The van der Waals surface area contributed by atoms with Crippen molar-refractivity contribution < 1.29 is 17.6 Å². The fourth-order valence-corrected chi connectivity index (χ4v) is 4.91. The number of oxazole rings is 1. The van der Waals surface area contributed by atoms with Crippen molar-refractivity contribution in [2.45, 2.75) is 12.5 Å². The second-order valence-corrected chi connectivity index (χ2v) is 9.63. The number of anilines is 1. The zero-order valence-corrected chi connectivity index (χ0v) is 17.6. The summed E-state index contributed by atoms with van der Waals surface area (Å²) in [5.41, 5.74) is 0.908. The Hall–Kier alpha value is -3.11. The summed E-state index contributed by atoms with van der Waals surface area (Å²) in [4.78, 5) is 16.7. The van der Waals surface area contributed by atoms with E-state index in [2.05, 4.69) is 15.6 Å². The fourth-order valence-electron chi connectivity index (χ4n) is 3.25. The molecule has 3 N–H and O–H groups in total. The summed E-state index contributed by atoms with van der Waals surface area (Å²) in [5, 5.41) is 14.0. The van der Waals surface area contributed by atoms with Gasteiger partial charge in [0.15, 0.2) is 5.58 Å². The molecular formula is C19H18ClN5O4S. The van der Waals surface area contributed by atoms with Gasteiger partial charge in [0.25, 0.3) is 5.89 Å². The third-order valence-corrected chi connectivity index (χ3v) is 7.09. The first kappa shape index (κ1) is 20.2. The molecule has 2 aromatic carbocycles. The maximum atomic E-state index is 12.6. The molecule has 156 valence electrons. The van der Waals surface area contributed by atoms with Crippen LogP contribution in [0.5, 0.6) is 0 Å². The van der Waals surface area contributed by atoms with E-state index in [0.29, 0.717) is 27.4 Å². The molecule has 30 heavy (non-hydrogen) atoms. The van der Waals surface area contributed by atoms with E-state index >= 15 is 0 Å². The Balaban J connectivity index is 1.60. The predicted molar refractivity (Wildman–Crippen MR) is 113 cm³/mol. The van der Waals surface area contributed by atoms with E-state index in [4.69, 9.17) is 21.4 Å². The van der Waals surface area contributed by atoms with Gasteiger partial charge in [0, 0.05) is 17.8 Å². The number of amides is 1. The van der Waals surface area contributed by atoms with Crippen LogP contribution in [0.3, 0.4) is 0 Å². The lowest BCUT2D eigenvalue weighted by molar-refractivity contribution is 0.0992. The molecule has 1 amide bonds. The van der Waals surface area contributed by atoms with E-state index in [1.54, 1.807) is 49.4 Å². The van der Waals surface area contributed by atoms with E-state index in [0.717, 1.165) is 4.31 Å². The van der Waals surface area contributed by atoms with Crippen molar-refractivity contribution in [3.05, 3.63) is 58.9 Å². The molecule has 0 aliphatic carbocycles. The van der Waals surface area contributed by atoms with Gasteiger partial charge in [-0.2, -0.15) is 0 Å². The van der Waals surface area contributed by atoms with Gasteiger partial charge in [0.2, 0.25) is 16.0 Å². The maximum Gasteiger partial charge on any atom is 0.311 e. The van der Waals surface area contributed by atoms with E-state index < -0.39 is 21.5 Å². The molecule has 1 saturated heterocycles. The van der Waals surface area contributed by atoms with Gasteiger partial charge in [-0.3, -0.25) is 10.2 Å². The van der Waals surface area contributed by atoms with Crippen molar-refractivity contribution in [2.24, 2.45) is 0 Å². The van der Waals surface area contributed by atoms with Gasteiger partial charge in [-0.15, -0.1) is 0 Å².